The Morgan fingerprint density at radius 1 is 1.58 bits per heavy atom. The lowest BCUT2D eigenvalue weighted by atomic mass is 10.1. The fourth-order valence-corrected chi connectivity index (χ4v) is 2.48. The van der Waals surface area contributed by atoms with E-state index in [1.54, 1.807) is 13.2 Å². The molecule has 19 heavy (non-hydrogen) atoms. The molecule has 1 heterocycles. The Labute approximate surface area is 111 Å². The molecule has 1 aromatic rings. The van der Waals surface area contributed by atoms with Gasteiger partial charge in [-0.1, -0.05) is 6.07 Å². The third-order valence-electron chi connectivity index (χ3n) is 3.39. The third kappa shape index (κ3) is 3.48. The number of methoxy groups -OCH3 is 1. The highest BCUT2D eigenvalue weighted by atomic mass is 19.1. The van der Waals surface area contributed by atoms with Gasteiger partial charge in [-0.15, -0.1) is 0 Å². The van der Waals surface area contributed by atoms with E-state index >= 15 is 0 Å². The van der Waals surface area contributed by atoms with Crippen LogP contribution in [0.5, 0.6) is 0 Å². The van der Waals surface area contributed by atoms with Crippen LogP contribution in [0.2, 0.25) is 0 Å². The van der Waals surface area contributed by atoms with E-state index in [0.717, 1.165) is 31.7 Å². The van der Waals surface area contributed by atoms with Crippen molar-refractivity contribution >= 4 is 5.69 Å². The summed E-state index contributed by atoms with van der Waals surface area (Å²) in [6.07, 6.45) is 1.07. The highest BCUT2D eigenvalue weighted by molar-refractivity contribution is 5.35. The normalized spacial score (nSPS) is 19.8. The fourth-order valence-electron chi connectivity index (χ4n) is 2.48. The summed E-state index contributed by atoms with van der Waals surface area (Å²) < 4.78 is 18.6. The summed E-state index contributed by atoms with van der Waals surface area (Å²) in [5, 5.41) is 10.5. The lowest BCUT2D eigenvalue weighted by Crippen LogP contribution is -2.21. The quantitative estimate of drug-likeness (QED) is 0.607. The highest BCUT2D eigenvalue weighted by Gasteiger charge is 2.23. The van der Waals surface area contributed by atoms with Gasteiger partial charge in [0.2, 0.25) is 5.82 Å². The predicted molar refractivity (Wildman–Crippen MR) is 68.3 cm³/mol. The molecule has 5 nitrogen and oxygen atoms in total. The number of rotatable bonds is 5. The molecule has 1 saturated heterocycles. The first kappa shape index (κ1) is 13.9. The molecule has 1 unspecified atom stereocenters. The number of nitro benzene ring substituents is 1. The standard InChI is InChI=1S/C13H17FN2O3/c1-19-9-11-4-5-15(8-11)7-10-2-3-13(16(17)18)12(14)6-10/h2-3,6,11H,4-5,7-9H2,1H3. The molecule has 1 aliphatic rings. The molecule has 0 aliphatic carbocycles. The molecule has 0 amide bonds. The number of hydrogen-bond donors (Lipinski definition) is 0. The molecule has 2 rings (SSSR count). The minimum Gasteiger partial charge on any atom is -0.384 e. The molecule has 1 aromatic carbocycles. The summed E-state index contributed by atoms with van der Waals surface area (Å²) in [6.45, 7) is 3.24. The zero-order valence-electron chi connectivity index (χ0n) is 10.8. The molecule has 104 valence electrons. The first-order valence-electron chi connectivity index (χ1n) is 6.24. The smallest absolute Gasteiger partial charge is 0.304 e. The minimum atomic E-state index is -0.768. The molecule has 1 aliphatic heterocycles. The maximum absolute atomic E-state index is 13.5. The van der Waals surface area contributed by atoms with Crippen molar-refractivity contribution in [1.29, 1.82) is 0 Å². The molecule has 0 N–H and O–H groups in total. The van der Waals surface area contributed by atoms with Crippen molar-refractivity contribution in [1.82, 2.24) is 4.90 Å². The van der Waals surface area contributed by atoms with Crippen LogP contribution in [-0.2, 0) is 11.3 Å². The second-order valence-electron chi connectivity index (χ2n) is 4.89. The molecule has 0 radical (unpaired) electrons. The van der Waals surface area contributed by atoms with Crippen LogP contribution < -0.4 is 0 Å². The Balaban J connectivity index is 1.97. The van der Waals surface area contributed by atoms with Crippen molar-refractivity contribution in [2.24, 2.45) is 5.92 Å². The second kappa shape index (κ2) is 6.08. The van der Waals surface area contributed by atoms with E-state index in [2.05, 4.69) is 4.90 Å². The van der Waals surface area contributed by atoms with Gasteiger partial charge in [0.05, 0.1) is 11.5 Å². The highest BCUT2D eigenvalue weighted by Crippen LogP contribution is 2.22. The molecule has 0 bridgehead atoms. The topological polar surface area (TPSA) is 55.6 Å². The summed E-state index contributed by atoms with van der Waals surface area (Å²) in [5.74, 6) is -0.247. The number of benzene rings is 1. The maximum atomic E-state index is 13.5. The monoisotopic (exact) mass is 268 g/mol. The average molecular weight is 268 g/mol. The molecule has 0 spiro atoms. The predicted octanol–water partition coefficient (Wildman–Crippen LogP) is 2.20. The van der Waals surface area contributed by atoms with Crippen LogP contribution in [0.4, 0.5) is 10.1 Å². The first-order valence-corrected chi connectivity index (χ1v) is 6.24. The lowest BCUT2D eigenvalue weighted by Gasteiger charge is -2.15. The van der Waals surface area contributed by atoms with Crippen molar-refractivity contribution in [2.45, 2.75) is 13.0 Å². The van der Waals surface area contributed by atoms with Gasteiger partial charge in [-0.3, -0.25) is 15.0 Å². The Morgan fingerprint density at radius 3 is 3.00 bits per heavy atom. The zero-order valence-corrected chi connectivity index (χ0v) is 10.8. The zero-order chi connectivity index (χ0) is 13.8. The number of halogens is 1. The van der Waals surface area contributed by atoms with Crippen LogP contribution in [0, 0.1) is 21.8 Å². The summed E-state index contributed by atoms with van der Waals surface area (Å²) in [4.78, 5) is 12.0. The van der Waals surface area contributed by atoms with Crippen LogP contribution in [0.25, 0.3) is 0 Å². The molecule has 6 heteroatoms. The van der Waals surface area contributed by atoms with Crippen LogP contribution >= 0.6 is 0 Å². The molecule has 0 saturated carbocycles. The van der Waals surface area contributed by atoms with Crippen LogP contribution in [-0.4, -0.2) is 36.6 Å². The average Bonchev–Trinajstić information content (AvgIpc) is 2.76. The van der Waals surface area contributed by atoms with Gasteiger partial charge in [0, 0.05) is 26.3 Å². The van der Waals surface area contributed by atoms with E-state index in [4.69, 9.17) is 4.74 Å². The fraction of sp³-hybridized carbons (Fsp3) is 0.538. The van der Waals surface area contributed by atoms with Crippen molar-refractivity contribution < 1.29 is 14.1 Å². The van der Waals surface area contributed by atoms with Crippen molar-refractivity contribution in [2.75, 3.05) is 26.8 Å². The Bertz CT molecular complexity index is 467. The van der Waals surface area contributed by atoms with E-state index in [0.29, 0.717) is 12.5 Å². The van der Waals surface area contributed by atoms with Gasteiger partial charge in [-0.2, -0.15) is 4.39 Å². The molecule has 0 aromatic heterocycles. The summed E-state index contributed by atoms with van der Waals surface area (Å²) in [6, 6.07) is 4.10. The summed E-state index contributed by atoms with van der Waals surface area (Å²) in [7, 11) is 1.69. The lowest BCUT2D eigenvalue weighted by molar-refractivity contribution is -0.387. The second-order valence-corrected chi connectivity index (χ2v) is 4.89. The first-order chi connectivity index (χ1) is 9.10. The summed E-state index contributed by atoms with van der Waals surface area (Å²) in [5.41, 5.74) is 0.295. The van der Waals surface area contributed by atoms with Gasteiger partial charge in [0.15, 0.2) is 0 Å². The number of likely N-dealkylation sites (tertiary alicyclic amines) is 1. The maximum Gasteiger partial charge on any atom is 0.304 e. The van der Waals surface area contributed by atoms with Gasteiger partial charge in [0.25, 0.3) is 0 Å². The number of nitrogens with zero attached hydrogens (tertiary/aromatic N) is 2. The molecule has 1 atom stereocenters. The molecular formula is C13H17FN2O3. The van der Waals surface area contributed by atoms with Crippen LogP contribution in [0.15, 0.2) is 18.2 Å². The van der Waals surface area contributed by atoms with E-state index in [1.807, 2.05) is 0 Å². The van der Waals surface area contributed by atoms with Crippen molar-refractivity contribution in [3.63, 3.8) is 0 Å². The Morgan fingerprint density at radius 2 is 2.37 bits per heavy atom. The molecule has 1 fully saturated rings. The SMILES string of the molecule is COCC1CCN(Cc2ccc([N+](=O)[O-])c(F)c2)C1. The van der Waals surface area contributed by atoms with E-state index < -0.39 is 16.4 Å². The van der Waals surface area contributed by atoms with E-state index in [-0.39, 0.29) is 0 Å². The van der Waals surface area contributed by atoms with Gasteiger partial charge in [-0.25, -0.2) is 0 Å². The van der Waals surface area contributed by atoms with Crippen LogP contribution in [0.1, 0.15) is 12.0 Å². The van der Waals surface area contributed by atoms with Gasteiger partial charge < -0.3 is 4.74 Å². The van der Waals surface area contributed by atoms with E-state index in [9.17, 15) is 14.5 Å². The number of nitro groups is 1. The third-order valence-corrected chi connectivity index (χ3v) is 3.39. The largest absolute Gasteiger partial charge is 0.384 e. The van der Waals surface area contributed by atoms with Crippen molar-refractivity contribution in [3.8, 4) is 0 Å². The van der Waals surface area contributed by atoms with E-state index in [1.165, 1.54) is 12.1 Å². The van der Waals surface area contributed by atoms with Gasteiger partial charge >= 0.3 is 5.69 Å². The van der Waals surface area contributed by atoms with Crippen LogP contribution in [0.3, 0.4) is 0 Å². The number of ether oxygens (including phenoxy) is 1. The van der Waals surface area contributed by atoms with Gasteiger partial charge in [-0.05, 0) is 30.5 Å². The number of hydrogen-bond acceptors (Lipinski definition) is 4. The Hall–Kier alpha value is -1.53. The summed E-state index contributed by atoms with van der Waals surface area (Å²) >= 11 is 0. The van der Waals surface area contributed by atoms with Crippen molar-refractivity contribution in [3.05, 3.63) is 39.7 Å². The molecular weight excluding hydrogens is 251 g/mol. The minimum absolute atomic E-state index is 0.470. The van der Waals surface area contributed by atoms with Gasteiger partial charge in [0.1, 0.15) is 0 Å². The Kier molecular flexibility index (Phi) is 4.44.